The van der Waals surface area contributed by atoms with E-state index in [0.29, 0.717) is 17.0 Å². The van der Waals surface area contributed by atoms with Crippen LogP contribution in [-0.2, 0) is 0 Å². The monoisotopic (exact) mass is 236 g/mol. The van der Waals surface area contributed by atoms with E-state index in [1.807, 2.05) is 6.92 Å². The van der Waals surface area contributed by atoms with Crippen molar-refractivity contribution in [2.24, 2.45) is 0 Å². The topological polar surface area (TPSA) is 28.7 Å². The Bertz CT molecular complexity index is 492. The largest absolute Gasteiger partial charge is 0.348 e. The van der Waals surface area contributed by atoms with E-state index in [2.05, 4.69) is 9.97 Å². The van der Waals surface area contributed by atoms with E-state index in [9.17, 15) is 8.78 Å². The molecule has 0 saturated heterocycles. The fourth-order valence-electron chi connectivity index (χ4n) is 2.04. The number of nitrogens with zero attached hydrogens (tertiary/aromatic N) is 1. The normalized spacial score (nSPS) is 13.0. The van der Waals surface area contributed by atoms with Crippen molar-refractivity contribution in [1.82, 2.24) is 9.97 Å². The zero-order valence-corrected chi connectivity index (χ0v) is 9.74. The lowest BCUT2D eigenvalue weighted by Gasteiger charge is -2.16. The third-order valence-corrected chi connectivity index (χ3v) is 2.97. The average molecular weight is 236 g/mol. The maximum Gasteiger partial charge on any atom is 0.264 e. The van der Waals surface area contributed by atoms with Crippen molar-refractivity contribution in [2.75, 3.05) is 0 Å². The summed E-state index contributed by atoms with van der Waals surface area (Å²) in [5.41, 5.74) is 1.38. The molecule has 1 aromatic heterocycles. The number of aryl methyl sites for hydroxylation is 1. The number of aromatic nitrogens is 2. The van der Waals surface area contributed by atoms with Gasteiger partial charge in [0.25, 0.3) is 6.43 Å². The summed E-state index contributed by atoms with van der Waals surface area (Å²) in [6.07, 6.45) is 0.872. The Morgan fingerprint density at radius 2 is 2.06 bits per heavy atom. The Labute approximate surface area is 98.7 Å². The molecule has 17 heavy (non-hydrogen) atoms. The van der Waals surface area contributed by atoms with Gasteiger partial charge in [0.2, 0.25) is 0 Å². The van der Waals surface area contributed by atoms with Crippen molar-refractivity contribution >= 4 is 0 Å². The lowest BCUT2D eigenvalue weighted by molar-refractivity contribution is 0.149. The Morgan fingerprint density at radius 3 is 2.65 bits per heavy atom. The summed E-state index contributed by atoms with van der Waals surface area (Å²) in [7, 11) is 0. The predicted octanol–water partition coefficient (Wildman–Crippen LogP) is 3.81. The van der Waals surface area contributed by atoms with Gasteiger partial charge in [0.15, 0.2) is 0 Å². The van der Waals surface area contributed by atoms with Gasteiger partial charge < -0.3 is 4.98 Å². The van der Waals surface area contributed by atoms with E-state index in [-0.39, 0.29) is 11.5 Å². The van der Waals surface area contributed by atoms with E-state index >= 15 is 0 Å². The van der Waals surface area contributed by atoms with Gasteiger partial charge >= 0.3 is 0 Å². The highest BCUT2D eigenvalue weighted by molar-refractivity contribution is 5.39. The van der Waals surface area contributed by atoms with Crippen LogP contribution in [-0.4, -0.2) is 9.97 Å². The standard InChI is InChI=1S/C13H14F2N2/c1-8-4-3-5-10(11(8)12(14)15)9(2)13-16-6-7-17-13/h3-7,9,12H,1-2H3,(H,16,17)/t9-/m1/s1. The zero-order chi connectivity index (χ0) is 12.4. The van der Waals surface area contributed by atoms with Crippen LogP contribution in [0.2, 0.25) is 0 Å². The number of halogens is 2. The van der Waals surface area contributed by atoms with Gasteiger partial charge in [-0.3, -0.25) is 0 Å². The molecule has 0 saturated carbocycles. The van der Waals surface area contributed by atoms with Gasteiger partial charge in [-0.2, -0.15) is 0 Å². The quantitative estimate of drug-likeness (QED) is 0.862. The highest BCUT2D eigenvalue weighted by Gasteiger charge is 2.21. The third kappa shape index (κ3) is 2.20. The average Bonchev–Trinajstić information content (AvgIpc) is 2.80. The molecule has 0 unspecified atom stereocenters. The molecule has 0 aliphatic rings. The van der Waals surface area contributed by atoms with Gasteiger partial charge in [-0.25, -0.2) is 13.8 Å². The molecule has 0 aliphatic heterocycles. The van der Waals surface area contributed by atoms with Gasteiger partial charge in [-0.05, 0) is 18.1 Å². The number of imidazole rings is 1. The fraction of sp³-hybridized carbons (Fsp3) is 0.308. The fourth-order valence-corrected chi connectivity index (χ4v) is 2.04. The molecule has 1 heterocycles. The number of benzene rings is 1. The smallest absolute Gasteiger partial charge is 0.264 e. The molecular weight excluding hydrogens is 222 g/mol. The minimum atomic E-state index is -2.45. The van der Waals surface area contributed by atoms with E-state index in [1.54, 1.807) is 37.5 Å². The second kappa shape index (κ2) is 4.65. The number of nitrogens with one attached hydrogen (secondary N) is 1. The molecule has 1 aromatic carbocycles. The SMILES string of the molecule is Cc1cccc([C@@H](C)c2ncc[nH]2)c1C(F)F. The maximum absolute atomic E-state index is 13.1. The van der Waals surface area contributed by atoms with Gasteiger partial charge in [-0.1, -0.05) is 25.1 Å². The van der Waals surface area contributed by atoms with Crippen LogP contribution in [0.3, 0.4) is 0 Å². The van der Waals surface area contributed by atoms with E-state index in [0.717, 1.165) is 0 Å². The van der Waals surface area contributed by atoms with Crippen LogP contribution in [0, 0.1) is 6.92 Å². The zero-order valence-electron chi connectivity index (χ0n) is 9.74. The molecule has 2 nitrogen and oxygen atoms in total. The van der Waals surface area contributed by atoms with Gasteiger partial charge in [0.1, 0.15) is 5.82 Å². The Morgan fingerprint density at radius 1 is 1.29 bits per heavy atom. The number of H-pyrrole nitrogens is 1. The van der Waals surface area contributed by atoms with Crippen molar-refractivity contribution in [3.63, 3.8) is 0 Å². The van der Waals surface area contributed by atoms with E-state index < -0.39 is 6.43 Å². The number of aromatic amines is 1. The Balaban J connectivity index is 2.48. The molecule has 0 amide bonds. The van der Waals surface area contributed by atoms with Crippen molar-refractivity contribution in [1.29, 1.82) is 0 Å². The molecule has 2 aromatic rings. The van der Waals surface area contributed by atoms with Crippen LogP contribution < -0.4 is 0 Å². The van der Waals surface area contributed by atoms with Crippen LogP contribution in [0.4, 0.5) is 8.78 Å². The van der Waals surface area contributed by atoms with Crippen LogP contribution >= 0.6 is 0 Å². The summed E-state index contributed by atoms with van der Waals surface area (Å²) in [5.74, 6) is 0.548. The Hall–Kier alpha value is -1.71. The van der Waals surface area contributed by atoms with Gasteiger partial charge in [0, 0.05) is 23.9 Å². The molecule has 1 N–H and O–H groups in total. The number of hydrogen-bond acceptors (Lipinski definition) is 1. The molecule has 1 atom stereocenters. The van der Waals surface area contributed by atoms with Crippen molar-refractivity contribution in [2.45, 2.75) is 26.2 Å². The molecule has 0 radical (unpaired) electrons. The van der Waals surface area contributed by atoms with Gasteiger partial charge in [0.05, 0.1) is 0 Å². The molecule has 0 spiro atoms. The minimum Gasteiger partial charge on any atom is -0.348 e. The lowest BCUT2D eigenvalue weighted by Crippen LogP contribution is -2.05. The van der Waals surface area contributed by atoms with Crippen molar-refractivity contribution in [3.05, 3.63) is 53.1 Å². The van der Waals surface area contributed by atoms with E-state index in [4.69, 9.17) is 0 Å². The van der Waals surface area contributed by atoms with Crippen molar-refractivity contribution in [3.8, 4) is 0 Å². The first-order chi connectivity index (χ1) is 8.11. The lowest BCUT2D eigenvalue weighted by atomic mass is 9.92. The van der Waals surface area contributed by atoms with Gasteiger partial charge in [-0.15, -0.1) is 0 Å². The summed E-state index contributed by atoms with van der Waals surface area (Å²) in [4.78, 5) is 7.09. The first kappa shape index (κ1) is 11.8. The first-order valence-electron chi connectivity index (χ1n) is 5.48. The molecule has 0 aliphatic carbocycles. The third-order valence-electron chi connectivity index (χ3n) is 2.97. The van der Waals surface area contributed by atoms with Crippen molar-refractivity contribution < 1.29 is 8.78 Å². The summed E-state index contributed by atoms with van der Waals surface area (Å²) in [6.45, 7) is 3.58. The predicted molar refractivity (Wildman–Crippen MR) is 62.2 cm³/mol. The minimum absolute atomic E-state index is 0.122. The first-order valence-corrected chi connectivity index (χ1v) is 5.48. The maximum atomic E-state index is 13.1. The summed E-state index contributed by atoms with van der Waals surface area (Å²) in [6, 6.07) is 5.25. The number of alkyl halides is 2. The van der Waals surface area contributed by atoms with Crippen LogP contribution in [0.1, 0.15) is 41.8 Å². The summed E-state index contributed by atoms with van der Waals surface area (Å²) >= 11 is 0. The number of rotatable bonds is 3. The molecule has 4 heteroatoms. The van der Waals surface area contributed by atoms with Crippen LogP contribution in [0.5, 0.6) is 0 Å². The van der Waals surface area contributed by atoms with Crippen LogP contribution in [0.15, 0.2) is 30.6 Å². The second-order valence-corrected chi connectivity index (χ2v) is 4.07. The highest BCUT2D eigenvalue weighted by atomic mass is 19.3. The van der Waals surface area contributed by atoms with Crippen LogP contribution in [0.25, 0.3) is 0 Å². The van der Waals surface area contributed by atoms with E-state index in [1.165, 1.54) is 0 Å². The molecule has 0 fully saturated rings. The molecule has 2 rings (SSSR count). The molecule has 0 bridgehead atoms. The second-order valence-electron chi connectivity index (χ2n) is 4.07. The highest BCUT2D eigenvalue weighted by Crippen LogP contribution is 2.33. The Kier molecular flexibility index (Phi) is 3.22. The molecule has 90 valence electrons. The summed E-state index contributed by atoms with van der Waals surface area (Å²) in [5, 5.41) is 0. The number of hydrogen-bond donors (Lipinski definition) is 1. The summed E-state index contributed by atoms with van der Waals surface area (Å²) < 4.78 is 26.1. The molecular formula is C13H14F2N2.